The molecule has 0 bridgehead atoms. The van der Waals surface area contributed by atoms with Gasteiger partial charge >= 0.3 is 0 Å². The number of hydrogen-bond acceptors (Lipinski definition) is 2. The van der Waals surface area contributed by atoms with Gasteiger partial charge in [-0.1, -0.05) is 52.0 Å². The van der Waals surface area contributed by atoms with Crippen molar-refractivity contribution in [3.05, 3.63) is 59.7 Å². The predicted octanol–water partition coefficient (Wildman–Crippen LogP) is 4.56. The Hall–Kier alpha value is -2.29. The van der Waals surface area contributed by atoms with Crippen molar-refractivity contribution >= 4 is 11.6 Å². The van der Waals surface area contributed by atoms with Crippen LogP contribution in [0.3, 0.4) is 0 Å². The van der Waals surface area contributed by atoms with Crippen LogP contribution in [0.2, 0.25) is 0 Å². The van der Waals surface area contributed by atoms with Crippen molar-refractivity contribution in [3.8, 4) is 5.75 Å². The Morgan fingerprint density at radius 1 is 1.09 bits per heavy atom. The van der Waals surface area contributed by atoms with Crippen molar-refractivity contribution in [2.24, 2.45) is 0 Å². The summed E-state index contributed by atoms with van der Waals surface area (Å²) in [4.78, 5) is 12.0. The molecule has 122 valence electrons. The van der Waals surface area contributed by atoms with Crippen LogP contribution in [-0.2, 0) is 16.6 Å². The van der Waals surface area contributed by atoms with E-state index in [0.717, 1.165) is 17.9 Å². The van der Waals surface area contributed by atoms with E-state index in [2.05, 4.69) is 33.0 Å². The summed E-state index contributed by atoms with van der Waals surface area (Å²) in [7, 11) is 0. The second kappa shape index (κ2) is 7.32. The van der Waals surface area contributed by atoms with Crippen LogP contribution in [0.1, 0.15) is 38.8 Å². The molecule has 0 aliphatic heterocycles. The number of rotatable bonds is 5. The number of hydrogen-bond donors (Lipinski definition) is 1. The Morgan fingerprint density at radius 2 is 1.78 bits per heavy atom. The minimum atomic E-state index is -0.157. The summed E-state index contributed by atoms with van der Waals surface area (Å²) in [5.74, 6) is 0.568. The lowest BCUT2D eigenvalue weighted by atomic mass is 9.87. The zero-order valence-corrected chi connectivity index (χ0v) is 14.3. The molecule has 1 N–H and O–H groups in total. The molecule has 0 fully saturated rings. The van der Waals surface area contributed by atoms with E-state index in [1.165, 1.54) is 11.1 Å². The summed E-state index contributed by atoms with van der Waals surface area (Å²) < 4.78 is 5.55. The highest BCUT2D eigenvalue weighted by atomic mass is 16.5. The van der Waals surface area contributed by atoms with Gasteiger partial charge in [-0.25, -0.2) is 0 Å². The molecule has 23 heavy (non-hydrogen) atoms. The maximum absolute atomic E-state index is 12.0. The summed E-state index contributed by atoms with van der Waals surface area (Å²) in [5, 5.41) is 2.86. The number of benzene rings is 2. The number of anilines is 1. The number of nitrogens with one attached hydrogen (secondary N) is 1. The molecule has 0 saturated carbocycles. The van der Waals surface area contributed by atoms with Crippen LogP contribution in [0.25, 0.3) is 0 Å². The Balaban J connectivity index is 1.89. The quantitative estimate of drug-likeness (QED) is 0.879. The highest BCUT2D eigenvalue weighted by molar-refractivity contribution is 5.91. The van der Waals surface area contributed by atoms with Crippen LogP contribution in [0.4, 0.5) is 5.69 Å². The third-order valence-corrected chi connectivity index (χ3v) is 3.71. The fraction of sp³-hybridized carbons (Fsp3) is 0.350. The monoisotopic (exact) mass is 311 g/mol. The smallest absolute Gasteiger partial charge is 0.262 e. The van der Waals surface area contributed by atoms with Crippen molar-refractivity contribution in [2.45, 2.75) is 39.5 Å². The third kappa shape index (κ3) is 5.13. The van der Waals surface area contributed by atoms with Crippen molar-refractivity contribution < 1.29 is 9.53 Å². The first-order valence-corrected chi connectivity index (χ1v) is 8.00. The van der Waals surface area contributed by atoms with Crippen LogP contribution >= 0.6 is 0 Å². The summed E-state index contributed by atoms with van der Waals surface area (Å²) in [6.45, 7) is 8.60. The zero-order chi connectivity index (χ0) is 16.9. The minimum Gasteiger partial charge on any atom is -0.484 e. The van der Waals surface area contributed by atoms with Gasteiger partial charge in [-0.05, 0) is 47.2 Å². The van der Waals surface area contributed by atoms with Crippen molar-refractivity contribution in [3.63, 3.8) is 0 Å². The Bertz CT molecular complexity index is 654. The highest BCUT2D eigenvalue weighted by Gasteiger charge is 2.13. The fourth-order valence-electron chi connectivity index (χ4n) is 2.25. The Kier molecular flexibility index (Phi) is 5.43. The molecule has 0 atom stereocenters. The summed E-state index contributed by atoms with van der Waals surface area (Å²) in [6.07, 6.45) is 0.948. The van der Waals surface area contributed by atoms with E-state index in [9.17, 15) is 4.79 Å². The second-order valence-corrected chi connectivity index (χ2v) is 6.67. The molecule has 1 amide bonds. The molecule has 0 aliphatic carbocycles. The lowest BCUT2D eigenvalue weighted by Crippen LogP contribution is -2.20. The van der Waals surface area contributed by atoms with Gasteiger partial charge in [-0.2, -0.15) is 0 Å². The first kappa shape index (κ1) is 17.1. The van der Waals surface area contributed by atoms with Gasteiger partial charge in [0.1, 0.15) is 5.75 Å². The molecule has 3 heteroatoms. The molecule has 3 nitrogen and oxygen atoms in total. The van der Waals surface area contributed by atoms with Gasteiger partial charge in [-0.15, -0.1) is 0 Å². The number of carbonyl (C=O) groups is 1. The Morgan fingerprint density at radius 3 is 2.39 bits per heavy atom. The summed E-state index contributed by atoms with van der Waals surface area (Å²) in [6, 6.07) is 15.8. The zero-order valence-electron chi connectivity index (χ0n) is 14.3. The maximum atomic E-state index is 12.0. The molecule has 0 aliphatic rings. The lowest BCUT2D eigenvalue weighted by Gasteiger charge is -2.19. The molecule has 0 aromatic heterocycles. The van der Waals surface area contributed by atoms with Crippen molar-refractivity contribution in [2.75, 3.05) is 11.9 Å². The molecular weight excluding hydrogens is 286 g/mol. The van der Waals surface area contributed by atoms with Crippen LogP contribution < -0.4 is 10.1 Å². The third-order valence-electron chi connectivity index (χ3n) is 3.71. The van der Waals surface area contributed by atoms with Gasteiger partial charge in [-0.3, -0.25) is 4.79 Å². The van der Waals surface area contributed by atoms with Crippen molar-refractivity contribution in [1.82, 2.24) is 0 Å². The van der Waals surface area contributed by atoms with Crippen LogP contribution in [0.5, 0.6) is 5.75 Å². The van der Waals surface area contributed by atoms with E-state index < -0.39 is 0 Å². The summed E-state index contributed by atoms with van der Waals surface area (Å²) in [5.41, 5.74) is 3.33. The average Bonchev–Trinajstić information content (AvgIpc) is 2.53. The fourth-order valence-corrected chi connectivity index (χ4v) is 2.25. The van der Waals surface area contributed by atoms with Crippen LogP contribution in [-0.4, -0.2) is 12.5 Å². The highest BCUT2D eigenvalue weighted by Crippen LogP contribution is 2.23. The van der Waals surface area contributed by atoms with Crippen LogP contribution in [0.15, 0.2) is 48.5 Å². The Labute approximate surface area is 138 Å². The maximum Gasteiger partial charge on any atom is 0.262 e. The largest absolute Gasteiger partial charge is 0.484 e. The molecular formula is C20H25NO2. The van der Waals surface area contributed by atoms with Gasteiger partial charge in [0.2, 0.25) is 0 Å². The van der Waals surface area contributed by atoms with Gasteiger partial charge in [0.15, 0.2) is 6.61 Å². The van der Waals surface area contributed by atoms with E-state index in [1.54, 1.807) is 0 Å². The van der Waals surface area contributed by atoms with Gasteiger partial charge in [0.25, 0.3) is 5.91 Å². The molecule has 0 saturated heterocycles. The standard InChI is InChI=1S/C20H25NO2/c1-5-15-7-6-8-18(13-15)23-14-19(22)21-17-11-9-16(10-12-17)20(2,3)4/h6-13H,5,14H2,1-4H3,(H,21,22). The average molecular weight is 311 g/mol. The lowest BCUT2D eigenvalue weighted by molar-refractivity contribution is -0.118. The van der Waals surface area contributed by atoms with E-state index in [4.69, 9.17) is 4.74 Å². The first-order valence-electron chi connectivity index (χ1n) is 8.00. The molecule has 0 heterocycles. The van der Waals surface area contributed by atoms with Gasteiger partial charge in [0, 0.05) is 5.69 Å². The molecule has 0 unspecified atom stereocenters. The number of amides is 1. The molecule has 2 aromatic rings. The predicted molar refractivity (Wildman–Crippen MR) is 95.1 cm³/mol. The molecule has 0 spiro atoms. The normalized spacial score (nSPS) is 11.1. The SMILES string of the molecule is CCc1cccc(OCC(=O)Nc2ccc(C(C)(C)C)cc2)c1. The minimum absolute atomic E-state index is 0.00812. The van der Waals surface area contributed by atoms with E-state index in [-0.39, 0.29) is 17.9 Å². The molecule has 2 aromatic carbocycles. The number of ether oxygens (including phenoxy) is 1. The van der Waals surface area contributed by atoms with E-state index >= 15 is 0 Å². The van der Waals surface area contributed by atoms with Crippen molar-refractivity contribution in [1.29, 1.82) is 0 Å². The van der Waals surface area contributed by atoms with Gasteiger partial charge in [0.05, 0.1) is 0 Å². The van der Waals surface area contributed by atoms with Crippen LogP contribution in [0, 0.1) is 0 Å². The number of aryl methyl sites for hydroxylation is 1. The van der Waals surface area contributed by atoms with E-state index in [0.29, 0.717) is 0 Å². The number of carbonyl (C=O) groups excluding carboxylic acids is 1. The molecule has 0 radical (unpaired) electrons. The second-order valence-electron chi connectivity index (χ2n) is 6.67. The molecule has 2 rings (SSSR count). The van der Waals surface area contributed by atoms with E-state index in [1.807, 2.05) is 48.5 Å². The van der Waals surface area contributed by atoms with Gasteiger partial charge < -0.3 is 10.1 Å². The topological polar surface area (TPSA) is 38.3 Å². The first-order chi connectivity index (χ1) is 10.9. The summed E-state index contributed by atoms with van der Waals surface area (Å²) >= 11 is 0.